The molecule has 5 heteroatoms. The van der Waals surface area contributed by atoms with Crippen LogP contribution in [0.4, 0.5) is 0 Å². The SMILES string of the molecule is O=C(O)CCC[C@H]1CC[C@@H]2[C@@H](/C=C/CCOc3ccccc3)[C@H](O)C[C@@H]2OC1. The highest BCUT2D eigenvalue weighted by Crippen LogP contribution is 2.41. The van der Waals surface area contributed by atoms with E-state index >= 15 is 0 Å². The molecule has 1 saturated heterocycles. The Bertz CT molecular complexity index is 629. The molecule has 3 rings (SSSR count). The maximum Gasteiger partial charge on any atom is 0.303 e. The molecule has 2 fully saturated rings. The van der Waals surface area contributed by atoms with Crippen molar-refractivity contribution in [3.8, 4) is 5.75 Å². The van der Waals surface area contributed by atoms with Crippen molar-refractivity contribution in [2.45, 2.75) is 57.2 Å². The minimum absolute atomic E-state index is 0.120. The fourth-order valence-corrected chi connectivity index (χ4v) is 4.50. The summed E-state index contributed by atoms with van der Waals surface area (Å²) in [6.07, 6.45) is 9.50. The van der Waals surface area contributed by atoms with E-state index in [-0.39, 0.29) is 24.5 Å². The summed E-state index contributed by atoms with van der Waals surface area (Å²) in [4.78, 5) is 10.7. The lowest BCUT2D eigenvalue weighted by Gasteiger charge is -2.20. The zero-order valence-electron chi connectivity index (χ0n) is 16.4. The molecule has 1 heterocycles. The zero-order valence-corrected chi connectivity index (χ0v) is 16.4. The summed E-state index contributed by atoms with van der Waals surface area (Å²) in [6, 6.07) is 9.79. The van der Waals surface area contributed by atoms with E-state index in [2.05, 4.69) is 12.2 Å². The van der Waals surface area contributed by atoms with Crippen molar-refractivity contribution < 1.29 is 24.5 Å². The van der Waals surface area contributed by atoms with Crippen LogP contribution in [0.2, 0.25) is 0 Å². The third-order valence-electron chi connectivity index (χ3n) is 6.00. The second kappa shape index (κ2) is 10.6. The van der Waals surface area contributed by atoms with Crippen molar-refractivity contribution in [3.63, 3.8) is 0 Å². The summed E-state index contributed by atoms with van der Waals surface area (Å²) in [7, 11) is 0. The molecule has 2 aliphatic rings. The molecule has 5 atom stereocenters. The molecule has 154 valence electrons. The van der Waals surface area contributed by atoms with Crippen LogP contribution in [-0.2, 0) is 9.53 Å². The molecule has 1 aliphatic carbocycles. The van der Waals surface area contributed by atoms with Gasteiger partial charge in [0.25, 0.3) is 0 Å². The second-order valence-electron chi connectivity index (χ2n) is 8.02. The highest BCUT2D eigenvalue weighted by molar-refractivity contribution is 5.66. The van der Waals surface area contributed by atoms with E-state index in [1.54, 1.807) is 0 Å². The number of aliphatic hydroxyl groups excluding tert-OH is 1. The number of hydrogen-bond acceptors (Lipinski definition) is 4. The van der Waals surface area contributed by atoms with Crippen molar-refractivity contribution in [2.24, 2.45) is 17.8 Å². The molecule has 0 bridgehead atoms. The Balaban J connectivity index is 1.44. The summed E-state index contributed by atoms with van der Waals surface area (Å²) in [5.74, 6) is 1.08. The third-order valence-corrected chi connectivity index (χ3v) is 6.00. The van der Waals surface area contributed by atoms with Gasteiger partial charge in [0, 0.05) is 25.4 Å². The maximum atomic E-state index is 10.7. The van der Waals surface area contributed by atoms with Gasteiger partial charge in [-0.1, -0.05) is 30.4 Å². The number of fused-ring (bicyclic) bond motifs is 1. The first-order valence-electron chi connectivity index (χ1n) is 10.5. The van der Waals surface area contributed by atoms with Crippen LogP contribution in [0, 0.1) is 17.8 Å². The van der Waals surface area contributed by atoms with Crippen LogP contribution in [0.5, 0.6) is 5.75 Å². The Kier molecular flexibility index (Phi) is 7.92. The van der Waals surface area contributed by atoms with Crippen LogP contribution >= 0.6 is 0 Å². The van der Waals surface area contributed by atoms with E-state index in [4.69, 9.17) is 14.6 Å². The lowest BCUT2D eigenvalue weighted by atomic mass is 9.86. The quantitative estimate of drug-likeness (QED) is 0.493. The average molecular weight is 389 g/mol. The highest BCUT2D eigenvalue weighted by atomic mass is 16.5. The van der Waals surface area contributed by atoms with Crippen LogP contribution in [0.25, 0.3) is 0 Å². The zero-order chi connectivity index (χ0) is 19.8. The molecule has 0 spiro atoms. The molecule has 28 heavy (non-hydrogen) atoms. The Labute approximate surface area is 167 Å². The topological polar surface area (TPSA) is 76.0 Å². The molecular formula is C23H32O5. The first-order valence-corrected chi connectivity index (χ1v) is 10.5. The number of aliphatic carboxylic acids is 1. The molecular weight excluding hydrogens is 356 g/mol. The van der Waals surface area contributed by atoms with E-state index in [0.717, 1.165) is 31.4 Å². The molecule has 2 N–H and O–H groups in total. The molecule has 1 aromatic carbocycles. The maximum absolute atomic E-state index is 10.7. The number of para-hydroxylation sites is 1. The van der Waals surface area contributed by atoms with Gasteiger partial charge in [-0.15, -0.1) is 0 Å². The van der Waals surface area contributed by atoms with E-state index in [0.29, 0.717) is 37.9 Å². The van der Waals surface area contributed by atoms with E-state index in [1.807, 2.05) is 30.3 Å². The predicted octanol–water partition coefficient (Wildman–Crippen LogP) is 4.06. The van der Waals surface area contributed by atoms with Gasteiger partial charge in [-0.25, -0.2) is 0 Å². The molecule has 0 aromatic heterocycles. The van der Waals surface area contributed by atoms with Crippen LogP contribution in [0.3, 0.4) is 0 Å². The Hall–Kier alpha value is -1.85. The van der Waals surface area contributed by atoms with Gasteiger partial charge in [-0.05, 0) is 56.1 Å². The highest BCUT2D eigenvalue weighted by Gasteiger charge is 2.43. The predicted molar refractivity (Wildman–Crippen MR) is 107 cm³/mol. The van der Waals surface area contributed by atoms with E-state index in [1.165, 1.54) is 0 Å². The number of aliphatic hydroxyl groups is 1. The first kappa shape index (κ1) is 20.9. The minimum Gasteiger partial charge on any atom is -0.493 e. The molecule has 0 amide bonds. The summed E-state index contributed by atoms with van der Waals surface area (Å²) < 4.78 is 11.8. The molecule has 5 nitrogen and oxygen atoms in total. The van der Waals surface area contributed by atoms with Crippen LogP contribution in [0.15, 0.2) is 42.5 Å². The van der Waals surface area contributed by atoms with Crippen molar-refractivity contribution in [1.29, 1.82) is 0 Å². The van der Waals surface area contributed by atoms with Crippen molar-refractivity contribution in [2.75, 3.05) is 13.2 Å². The van der Waals surface area contributed by atoms with Gasteiger partial charge in [0.05, 0.1) is 18.8 Å². The van der Waals surface area contributed by atoms with Gasteiger partial charge in [-0.2, -0.15) is 0 Å². The fourth-order valence-electron chi connectivity index (χ4n) is 4.50. The van der Waals surface area contributed by atoms with Gasteiger partial charge in [0.15, 0.2) is 0 Å². The molecule has 0 radical (unpaired) electrons. The monoisotopic (exact) mass is 388 g/mol. The lowest BCUT2D eigenvalue weighted by molar-refractivity contribution is -0.137. The summed E-state index contributed by atoms with van der Waals surface area (Å²) in [5.41, 5.74) is 0. The standard InChI is InChI=1S/C23H32O5/c24-21-15-22-20(13-12-17(16-28-22)7-6-11-23(25)26)19(21)10-4-5-14-27-18-8-2-1-3-9-18/h1-4,8-10,17,19-22,24H,5-7,11-16H2,(H,25,26)/b10-4+/t17-,19+,20+,21+,22-/m0/s1. The Morgan fingerprint density at radius 1 is 1.25 bits per heavy atom. The number of ether oxygens (including phenoxy) is 2. The second-order valence-corrected chi connectivity index (χ2v) is 8.02. The summed E-state index contributed by atoms with van der Waals surface area (Å²) >= 11 is 0. The molecule has 1 saturated carbocycles. The summed E-state index contributed by atoms with van der Waals surface area (Å²) in [6.45, 7) is 1.31. The largest absolute Gasteiger partial charge is 0.493 e. The van der Waals surface area contributed by atoms with E-state index < -0.39 is 5.97 Å². The van der Waals surface area contributed by atoms with Crippen LogP contribution in [0.1, 0.15) is 44.9 Å². The van der Waals surface area contributed by atoms with Crippen molar-refractivity contribution >= 4 is 5.97 Å². The number of rotatable bonds is 9. The number of carboxylic acids is 1. The minimum atomic E-state index is -0.726. The molecule has 0 unspecified atom stereocenters. The first-order chi connectivity index (χ1) is 13.6. The van der Waals surface area contributed by atoms with Crippen LogP contribution < -0.4 is 4.74 Å². The van der Waals surface area contributed by atoms with E-state index in [9.17, 15) is 9.90 Å². The Morgan fingerprint density at radius 2 is 2.07 bits per heavy atom. The molecule has 1 aliphatic heterocycles. The normalized spacial score (nSPS) is 30.1. The summed E-state index contributed by atoms with van der Waals surface area (Å²) in [5, 5.41) is 19.3. The molecule has 1 aromatic rings. The lowest BCUT2D eigenvalue weighted by Crippen LogP contribution is -2.21. The number of hydrogen-bond donors (Lipinski definition) is 2. The number of carboxylic acid groups (broad SMARTS) is 1. The smallest absolute Gasteiger partial charge is 0.303 e. The van der Waals surface area contributed by atoms with Gasteiger partial charge in [0.1, 0.15) is 5.75 Å². The van der Waals surface area contributed by atoms with Gasteiger partial charge >= 0.3 is 5.97 Å². The Morgan fingerprint density at radius 3 is 2.86 bits per heavy atom. The van der Waals surface area contributed by atoms with Crippen molar-refractivity contribution in [1.82, 2.24) is 0 Å². The van der Waals surface area contributed by atoms with Crippen LogP contribution in [-0.4, -0.2) is 41.6 Å². The number of carbonyl (C=O) groups is 1. The average Bonchev–Trinajstić information content (AvgIpc) is 2.84. The van der Waals surface area contributed by atoms with Gasteiger partial charge < -0.3 is 19.7 Å². The van der Waals surface area contributed by atoms with Crippen molar-refractivity contribution in [3.05, 3.63) is 42.5 Å². The van der Waals surface area contributed by atoms with Gasteiger partial charge in [-0.3, -0.25) is 4.79 Å². The van der Waals surface area contributed by atoms with Gasteiger partial charge in [0.2, 0.25) is 0 Å². The number of benzene rings is 1. The third kappa shape index (κ3) is 6.08. The fraction of sp³-hybridized carbons (Fsp3) is 0.609.